The number of carbonyl (C=O) groups is 3. The first-order chi connectivity index (χ1) is 23.1. The molecule has 2 N–H and O–H groups in total. The van der Waals surface area contributed by atoms with E-state index in [0.717, 1.165) is 27.3 Å². The van der Waals surface area contributed by atoms with Gasteiger partial charge in [0.1, 0.15) is 19.0 Å². The highest BCUT2D eigenvalue weighted by Gasteiger charge is 2.27. The maximum atomic E-state index is 13.1. The van der Waals surface area contributed by atoms with Gasteiger partial charge in [0.15, 0.2) is 0 Å². The lowest BCUT2D eigenvalue weighted by Crippen LogP contribution is -2.36. The number of hydrogen-bond donors (Lipinski definition) is 2. The second kappa shape index (κ2) is 17.4. The van der Waals surface area contributed by atoms with Crippen LogP contribution in [0.25, 0.3) is 11.1 Å². The number of benzene rings is 3. The van der Waals surface area contributed by atoms with Gasteiger partial charge in [-0.3, -0.25) is 19.2 Å². The number of thioether (sulfide) groups is 1. The highest BCUT2D eigenvalue weighted by molar-refractivity contribution is 7.99. The Labute approximate surface area is 289 Å². The predicted molar refractivity (Wildman–Crippen MR) is 179 cm³/mol. The van der Waals surface area contributed by atoms with Crippen LogP contribution in [0.3, 0.4) is 0 Å². The maximum Gasteiger partial charge on any atom is 0.414 e. The quantitative estimate of drug-likeness (QED) is 0.178. The van der Waals surface area contributed by atoms with E-state index in [9.17, 15) is 14.4 Å². The molecule has 2 amide bonds. The molecule has 0 saturated heterocycles. The van der Waals surface area contributed by atoms with Gasteiger partial charge in [0, 0.05) is 51.6 Å². The summed E-state index contributed by atoms with van der Waals surface area (Å²) in [7, 11) is 0. The number of carboxylic acid groups (broad SMARTS) is 1. The zero-order valence-electron chi connectivity index (χ0n) is 25.6. The number of carboxylic acids is 1. The molecule has 1 aliphatic rings. The number of halogens is 2. The Bertz CT molecular complexity index is 1830. The first-order valence-corrected chi connectivity index (χ1v) is 16.3. The number of hydrogen-bond acceptors (Lipinski definition) is 9. The lowest BCUT2D eigenvalue weighted by atomic mass is 10.1. The summed E-state index contributed by atoms with van der Waals surface area (Å²) in [5.41, 5.74) is 4.33. The minimum Gasteiger partial charge on any atom is -0.490 e. The average molecular weight is 714 g/mol. The van der Waals surface area contributed by atoms with Crippen molar-refractivity contribution in [3.8, 4) is 16.9 Å². The average Bonchev–Trinajstić information content (AvgIpc) is 3.53. The smallest absolute Gasteiger partial charge is 0.414 e. The third-order valence-corrected chi connectivity index (χ3v) is 9.04. The third-order valence-electron chi connectivity index (χ3n) is 7.08. The number of amides is 2. The van der Waals surface area contributed by atoms with Crippen molar-refractivity contribution in [2.75, 3.05) is 37.0 Å². The van der Waals surface area contributed by atoms with E-state index in [1.54, 1.807) is 45.7 Å². The summed E-state index contributed by atoms with van der Waals surface area (Å²) < 4.78 is 13.0. The van der Waals surface area contributed by atoms with Gasteiger partial charge in [0.25, 0.3) is 5.91 Å². The number of aliphatic carboxylic acids is 1. The SMILES string of the molecule is Cc1c(Cl)cccc1OCCOC(=O)N1CCSc2c(-c3cnn(Cc4cccc(C(=O)NCCC(=O)O)c4Cl)c3)cccc21.O=C=O. The number of fused-ring (bicyclic) bond motifs is 1. The summed E-state index contributed by atoms with van der Waals surface area (Å²) in [4.78, 5) is 55.2. The number of rotatable bonds is 11. The van der Waals surface area contributed by atoms with Crippen LogP contribution in [0.1, 0.15) is 27.9 Å². The van der Waals surface area contributed by atoms with Crippen molar-refractivity contribution in [2.45, 2.75) is 24.8 Å². The van der Waals surface area contributed by atoms with Crippen LogP contribution in [-0.4, -0.2) is 71.1 Å². The Morgan fingerprint density at radius 2 is 1.81 bits per heavy atom. The van der Waals surface area contributed by atoms with Crippen molar-refractivity contribution in [1.29, 1.82) is 0 Å². The highest BCUT2D eigenvalue weighted by Crippen LogP contribution is 2.42. The van der Waals surface area contributed by atoms with Gasteiger partial charge in [-0.05, 0) is 36.8 Å². The summed E-state index contributed by atoms with van der Waals surface area (Å²) in [6, 6.07) is 16.3. The van der Waals surface area contributed by atoms with Crippen LogP contribution < -0.4 is 15.0 Å². The minimum atomic E-state index is -0.999. The Balaban J connectivity index is 0.00000167. The first kappa shape index (κ1) is 36.0. The fourth-order valence-corrected chi connectivity index (χ4v) is 6.37. The molecule has 1 aromatic heterocycles. The molecule has 0 unspecified atom stereocenters. The van der Waals surface area contributed by atoms with E-state index in [1.807, 2.05) is 49.5 Å². The van der Waals surface area contributed by atoms with E-state index in [2.05, 4.69) is 10.4 Å². The van der Waals surface area contributed by atoms with E-state index in [4.69, 9.17) is 47.4 Å². The van der Waals surface area contributed by atoms with Gasteiger partial charge in [0.2, 0.25) is 0 Å². The minimum absolute atomic E-state index is 0.00388. The summed E-state index contributed by atoms with van der Waals surface area (Å²) in [5, 5.41) is 16.8. The maximum absolute atomic E-state index is 13.1. The zero-order chi connectivity index (χ0) is 34.6. The Morgan fingerprint density at radius 1 is 1.06 bits per heavy atom. The standard InChI is InChI=1S/C32H30Cl2N4O6S.CO2/c1-20-25(33)8-4-10-27(20)43-14-15-44-32(42)38-13-16-45-30-23(6-3-9-26(30)38)22-17-36-37(19-22)18-21-5-2-7-24(29(21)34)31(41)35-12-11-28(39)40;2-1-3/h2-10,17,19H,11-16,18H2,1H3,(H,35,41)(H,39,40);. The second-order valence-electron chi connectivity index (χ2n) is 10.2. The summed E-state index contributed by atoms with van der Waals surface area (Å²) in [5.74, 6) is -0.0927. The van der Waals surface area contributed by atoms with Crippen molar-refractivity contribution < 1.29 is 38.6 Å². The lowest BCUT2D eigenvalue weighted by molar-refractivity contribution is -0.191. The van der Waals surface area contributed by atoms with Crippen LogP contribution in [-0.2, 0) is 25.7 Å². The molecule has 0 fully saturated rings. The van der Waals surface area contributed by atoms with Gasteiger partial charge < -0.3 is 19.9 Å². The summed E-state index contributed by atoms with van der Waals surface area (Å²) >= 11 is 14.4. The Hall–Kier alpha value is -4.81. The molecule has 1 aliphatic heterocycles. The van der Waals surface area contributed by atoms with Gasteiger partial charge in [-0.1, -0.05) is 53.5 Å². The van der Waals surface area contributed by atoms with Crippen LogP contribution in [0.4, 0.5) is 10.5 Å². The molecular formula is C33H30Cl2N4O8S. The normalized spacial score (nSPS) is 11.8. The van der Waals surface area contributed by atoms with Crippen molar-refractivity contribution in [2.24, 2.45) is 0 Å². The molecule has 0 spiro atoms. The fourth-order valence-electron chi connectivity index (χ4n) is 4.79. The van der Waals surface area contributed by atoms with Crippen molar-refractivity contribution in [3.63, 3.8) is 0 Å². The Morgan fingerprint density at radius 3 is 2.58 bits per heavy atom. The molecule has 0 atom stereocenters. The second-order valence-corrected chi connectivity index (χ2v) is 12.1. The van der Waals surface area contributed by atoms with Crippen LogP contribution in [0.5, 0.6) is 5.75 Å². The lowest BCUT2D eigenvalue weighted by Gasteiger charge is -2.29. The largest absolute Gasteiger partial charge is 0.490 e. The summed E-state index contributed by atoms with van der Waals surface area (Å²) in [6.07, 6.45) is 3.26. The molecule has 5 rings (SSSR count). The van der Waals surface area contributed by atoms with E-state index >= 15 is 0 Å². The number of nitrogens with one attached hydrogen (secondary N) is 1. The van der Waals surface area contributed by atoms with E-state index in [1.165, 1.54) is 0 Å². The molecule has 250 valence electrons. The molecule has 0 aliphatic carbocycles. The molecule has 0 bridgehead atoms. The number of anilines is 1. The molecule has 4 aromatic rings. The predicted octanol–water partition coefficient (Wildman–Crippen LogP) is 5.96. The van der Waals surface area contributed by atoms with Crippen molar-refractivity contribution in [1.82, 2.24) is 15.1 Å². The molecule has 0 radical (unpaired) electrons. The highest BCUT2D eigenvalue weighted by atomic mass is 35.5. The number of aromatic nitrogens is 2. The van der Waals surface area contributed by atoms with Crippen LogP contribution in [0.15, 0.2) is 71.9 Å². The van der Waals surface area contributed by atoms with Gasteiger partial charge in [-0.15, -0.1) is 11.8 Å². The number of nitrogens with zero attached hydrogens (tertiary/aromatic N) is 3. The topological polar surface area (TPSA) is 157 Å². The molecule has 48 heavy (non-hydrogen) atoms. The Kier molecular flexibility index (Phi) is 13.0. The van der Waals surface area contributed by atoms with E-state index in [-0.39, 0.29) is 42.9 Å². The molecule has 12 nitrogen and oxygen atoms in total. The first-order valence-electron chi connectivity index (χ1n) is 14.5. The zero-order valence-corrected chi connectivity index (χ0v) is 27.9. The van der Waals surface area contributed by atoms with Crippen LogP contribution >= 0.6 is 35.0 Å². The van der Waals surface area contributed by atoms with E-state index < -0.39 is 18.0 Å². The molecule has 3 aromatic carbocycles. The molecule has 15 heteroatoms. The van der Waals surface area contributed by atoms with Crippen LogP contribution in [0, 0.1) is 6.92 Å². The van der Waals surface area contributed by atoms with Gasteiger partial charge in [-0.2, -0.15) is 14.7 Å². The summed E-state index contributed by atoms with van der Waals surface area (Å²) in [6.45, 7) is 2.98. The molecule has 0 saturated carbocycles. The fraction of sp³-hybridized carbons (Fsp3) is 0.242. The van der Waals surface area contributed by atoms with E-state index in [0.29, 0.717) is 35.2 Å². The molecule has 2 heterocycles. The van der Waals surface area contributed by atoms with Crippen molar-refractivity contribution >= 4 is 64.8 Å². The van der Waals surface area contributed by atoms with Crippen LogP contribution in [0.2, 0.25) is 10.0 Å². The van der Waals surface area contributed by atoms with Gasteiger partial charge >= 0.3 is 18.2 Å². The number of ether oxygens (including phenoxy) is 2. The monoisotopic (exact) mass is 712 g/mol. The third kappa shape index (κ3) is 9.17. The molecular weight excluding hydrogens is 683 g/mol. The van der Waals surface area contributed by atoms with Gasteiger partial charge in [-0.25, -0.2) is 4.79 Å². The van der Waals surface area contributed by atoms with Crippen molar-refractivity contribution in [3.05, 3.63) is 93.7 Å². The number of carbonyl (C=O) groups excluding carboxylic acids is 4. The van der Waals surface area contributed by atoms with Gasteiger partial charge in [0.05, 0.1) is 35.4 Å².